The Morgan fingerprint density at radius 1 is 1.24 bits per heavy atom. The van der Waals surface area contributed by atoms with Crippen LogP contribution in [0.4, 0.5) is 8.78 Å². The van der Waals surface area contributed by atoms with Gasteiger partial charge in [-0.2, -0.15) is 0 Å². The molecule has 1 saturated heterocycles. The number of nitrogens with one attached hydrogen (secondary N) is 1. The zero-order valence-electron chi connectivity index (χ0n) is 11.9. The zero-order chi connectivity index (χ0) is 15.4. The standard InChI is InChI=1S/C15H18F2N2O2/c1-10(20)18-12-4-6-19(7-5-12)9-15(21)11-2-3-13(16)14(17)8-11/h2-3,8,12H,4-7,9H2,1H3,(H,18,20). The number of nitrogens with zero attached hydrogens (tertiary/aromatic N) is 1. The first kappa shape index (κ1) is 15.6. The summed E-state index contributed by atoms with van der Waals surface area (Å²) in [5.74, 6) is -2.24. The molecule has 1 aliphatic heterocycles. The molecule has 114 valence electrons. The molecule has 1 aromatic rings. The van der Waals surface area contributed by atoms with E-state index in [1.165, 1.54) is 13.0 Å². The van der Waals surface area contributed by atoms with Gasteiger partial charge in [0.25, 0.3) is 0 Å². The molecule has 0 atom stereocenters. The molecular weight excluding hydrogens is 278 g/mol. The third-order valence-electron chi connectivity index (χ3n) is 3.60. The summed E-state index contributed by atoms with van der Waals surface area (Å²) in [5.41, 5.74) is 0.179. The van der Waals surface area contributed by atoms with Gasteiger partial charge in [-0.1, -0.05) is 0 Å². The van der Waals surface area contributed by atoms with E-state index in [1.807, 2.05) is 4.90 Å². The van der Waals surface area contributed by atoms with Crippen LogP contribution in [-0.2, 0) is 4.79 Å². The van der Waals surface area contributed by atoms with Crippen LogP contribution < -0.4 is 5.32 Å². The average molecular weight is 296 g/mol. The normalized spacial score (nSPS) is 16.7. The topological polar surface area (TPSA) is 49.4 Å². The van der Waals surface area contributed by atoms with Crippen LogP contribution in [0.3, 0.4) is 0 Å². The number of carbonyl (C=O) groups excluding carboxylic acids is 2. The van der Waals surface area contributed by atoms with Crippen molar-refractivity contribution >= 4 is 11.7 Å². The van der Waals surface area contributed by atoms with E-state index in [9.17, 15) is 18.4 Å². The fourth-order valence-corrected chi connectivity index (χ4v) is 2.49. The van der Waals surface area contributed by atoms with E-state index in [1.54, 1.807) is 0 Å². The van der Waals surface area contributed by atoms with Crippen molar-refractivity contribution in [2.24, 2.45) is 0 Å². The molecule has 1 fully saturated rings. The predicted octanol–water partition coefficient (Wildman–Crippen LogP) is 1.75. The minimum absolute atomic E-state index is 0.0497. The van der Waals surface area contributed by atoms with Crippen LogP contribution in [0, 0.1) is 11.6 Å². The van der Waals surface area contributed by atoms with Crippen molar-refractivity contribution in [3.63, 3.8) is 0 Å². The first-order valence-electron chi connectivity index (χ1n) is 6.93. The Morgan fingerprint density at radius 2 is 1.90 bits per heavy atom. The van der Waals surface area contributed by atoms with Crippen LogP contribution >= 0.6 is 0 Å². The van der Waals surface area contributed by atoms with Crippen LogP contribution in [-0.4, -0.2) is 42.3 Å². The molecule has 0 aromatic heterocycles. The Balaban J connectivity index is 1.86. The van der Waals surface area contributed by atoms with Gasteiger partial charge in [0.15, 0.2) is 17.4 Å². The SMILES string of the molecule is CC(=O)NC1CCN(CC(=O)c2ccc(F)c(F)c2)CC1. The molecule has 21 heavy (non-hydrogen) atoms. The van der Waals surface area contributed by atoms with Crippen molar-refractivity contribution < 1.29 is 18.4 Å². The molecule has 6 heteroatoms. The Kier molecular flexibility index (Phi) is 5.01. The number of likely N-dealkylation sites (tertiary alicyclic amines) is 1. The number of Topliss-reactive ketones (excluding diaryl/α,β-unsaturated/α-hetero) is 1. The highest BCUT2D eigenvalue weighted by Gasteiger charge is 2.22. The largest absolute Gasteiger partial charge is 0.354 e. The molecule has 1 aliphatic rings. The highest BCUT2D eigenvalue weighted by molar-refractivity contribution is 5.97. The van der Waals surface area contributed by atoms with E-state index in [0.29, 0.717) is 13.1 Å². The number of benzene rings is 1. The van der Waals surface area contributed by atoms with E-state index in [2.05, 4.69) is 5.32 Å². The van der Waals surface area contributed by atoms with Crippen LogP contribution in [0.5, 0.6) is 0 Å². The van der Waals surface area contributed by atoms with Gasteiger partial charge in [0.1, 0.15) is 0 Å². The van der Waals surface area contributed by atoms with Crippen LogP contribution in [0.15, 0.2) is 18.2 Å². The van der Waals surface area contributed by atoms with E-state index >= 15 is 0 Å². The summed E-state index contributed by atoms with van der Waals surface area (Å²) < 4.78 is 25.9. The molecule has 2 rings (SSSR count). The van der Waals surface area contributed by atoms with Crippen molar-refractivity contribution in [2.75, 3.05) is 19.6 Å². The van der Waals surface area contributed by atoms with Crippen LogP contribution in [0.2, 0.25) is 0 Å². The lowest BCUT2D eigenvalue weighted by atomic mass is 10.0. The molecule has 0 bridgehead atoms. The lowest BCUT2D eigenvalue weighted by Gasteiger charge is -2.31. The van der Waals surface area contributed by atoms with Gasteiger partial charge in [0.05, 0.1) is 6.54 Å². The molecular formula is C15H18F2N2O2. The molecule has 0 radical (unpaired) electrons. The average Bonchev–Trinajstić information content (AvgIpc) is 2.43. The van der Waals surface area contributed by atoms with E-state index in [4.69, 9.17) is 0 Å². The number of hydrogen-bond donors (Lipinski definition) is 1. The minimum atomic E-state index is -1.01. The lowest BCUT2D eigenvalue weighted by molar-refractivity contribution is -0.119. The molecule has 0 unspecified atom stereocenters. The summed E-state index contributed by atoms with van der Waals surface area (Å²) in [6.07, 6.45) is 1.56. The van der Waals surface area contributed by atoms with Crippen LogP contribution in [0.1, 0.15) is 30.1 Å². The summed E-state index contributed by atoms with van der Waals surface area (Å²) in [4.78, 5) is 25.0. The number of amides is 1. The van der Waals surface area contributed by atoms with Gasteiger partial charge >= 0.3 is 0 Å². The van der Waals surface area contributed by atoms with Crippen molar-refractivity contribution in [2.45, 2.75) is 25.8 Å². The highest BCUT2D eigenvalue weighted by atomic mass is 19.2. The lowest BCUT2D eigenvalue weighted by Crippen LogP contribution is -2.45. The fraction of sp³-hybridized carbons (Fsp3) is 0.467. The second-order valence-electron chi connectivity index (χ2n) is 5.30. The summed E-state index contributed by atoms with van der Waals surface area (Å²) in [5, 5.41) is 2.86. The van der Waals surface area contributed by atoms with Gasteiger partial charge in [-0.3, -0.25) is 14.5 Å². The van der Waals surface area contributed by atoms with Gasteiger partial charge < -0.3 is 5.32 Å². The van der Waals surface area contributed by atoms with E-state index < -0.39 is 11.6 Å². The molecule has 1 amide bonds. The Hall–Kier alpha value is -1.82. The summed E-state index contributed by atoms with van der Waals surface area (Å²) in [6, 6.07) is 3.34. The number of rotatable bonds is 4. The van der Waals surface area contributed by atoms with E-state index in [-0.39, 0.29) is 29.8 Å². The molecule has 1 heterocycles. The van der Waals surface area contributed by atoms with Crippen molar-refractivity contribution in [1.29, 1.82) is 0 Å². The Labute approximate surface area is 122 Å². The number of carbonyl (C=O) groups is 2. The van der Waals surface area contributed by atoms with Gasteiger partial charge in [0, 0.05) is 31.6 Å². The Bertz CT molecular complexity index is 540. The third-order valence-corrected chi connectivity index (χ3v) is 3.60. The second kappa shape index (κ2) is 6.76. The monoisotopic (exact) mass is 296 g/mol. The first-order valence-corrected chi connectivity index (χ1v) is 6.93. The smallest absolute Gasteiger partial charge is 0.217 e. The molecule has 4 nitrogen and oxygen atoms in total. The molecule has 0 spiro atoms. The van der Waals surface area contributed by atoms with Gasteiger partial charge in [-0.05, 0) is 31.0 Å². The van der Waals surface area contributed by atoms with Crippen molar-refractivity contribution in [3.05, 3.63) is 35.4 Å². The summed E-state index contributed by atoms with van der Waals surface area (Å²) >= 11 is 0. The number of hydrogen-bond acceptors (Lipinski definition) is 3. The van der Waals surface area contributed by atoms with Crippen molar-refractivity contribution in [3.8, 4) is 0 Å². The summed E-state index contributed by atoms with van der Waals surface area (Å²) in [6.45, 7) is 3.05. The quantitative estimate of drug-likeness (QED) is 0.861. The maximum absolute atomic E-state index is 13.1. The van der Waals surface area contributed by atoms with Gasteiger partial charge in [-0.25, -0.2) is 8.78 Å². The molecule has 1 aromatic carbocycles. The molecule has 0 aliphatic carbocycles. The van der Waals surface area contributed by atoms with Gasteiger partial charge in [-0.15, -0.1) is 0 Å². The zero-order valence-corrected chi connectivity index (χ0v) is 11.9. The molecule has 0 saturated carbocycles. The number of halogens is 2. The third kappa shape index (κ3) is 4.32. The minimum Gasteiger partial charge on any atom is -0.354 e. The maximum atomic E-state index is 13.1. The number of piperidine rings is 1. The fourth-order valence-electron chi connectivity index (χ4n) is 2.49. The maximum Gasteiger partial charge on any atom is 0.217 e. The highest BCUT2D eigenvalue weighted by Crippen LogP contribution is 2.13. The second-order valence-corrected chi connectivity index (χ2v) is 5.30. The van der Waals surface area contributed by atoms with E-state index in [0.717, 1.165) is 25.0 Å². The molecule has 1 N–H and O–H groups in total. The van der Waals surface area contributed by atoms with Gasteiger partial charge in [0.2, 0.25) is 5.91 Å². The summed E-state index contributed by atoms with van der Waals surface area (Å²) in [7, 11) is 0. The van der Waals surface area contributed by atoms with Crippen molar-refractivity contribution in [1.82, 2.24) is 10.2 Å². The predicted molar refractivity (Wildman–Crippen MR) is 74.0 cm³/mol. The Morgan fingerprint density at radius 3 is 2.48 bits per heavy atom. The number of ketones is 1. The first-order chi connectivity index (χ1) is 9.95. The van der Waals surface area contributed by atoms with Crippen LogP contribution in [0.25, 0.3) is 0 Å².